The first-order valence-corrected chi connectivity index (χ1v) is 8.21. The van der Waals surface area contributed by atoms with Crippen LogP contribution in [0.2, 0.25) is 0 Å². The van der Waals surface area contributed by atoms with Crippen molar-refractivity contribution >= 4 is 5.91 Å². The van der Waals surface area contributed by atoms with E-state index in [-0.39, 0.29) is 23.1 Å². The maximum absolute atomic E-state index is 12.2. The zero-order valence-electron chi connectivity index (χ0n) is 13.8. The number of H-pyrrole nitrogens is 1. The van der Waals surface area contributed by atoms with E-state index in [2.05, 4.69) is 17.2 Å². The smallest absolute Gasteiger partial charge is 0.261 e. The van der Waals surface area contributed by atoms with Crippen molar-refractivity contribution in [3.63, 3.8) is 0 Å². The first kappa shape index (κ1) is 17.0. The molecule has 0 aliphatic heterocycles. The van der Waals surface area contributed by atoms with Crippen molar-refractivity contribution in [2.75, 3.05) is 0 Å². The molecular weight excluding hydrogens is 288 g/mol. The summed E-state index contributed by atoms with van der Waals surface area (Å²) in [6, 6.07) is 13.0. The Morgan fingerprint density at radius 2 is 1.87 bits per heavy atom. The quantitative estimate of drug-likeness (QED) is 0.765. The van der Waals surface area contributed by atoms with Gasteiger partial charge in [0.05, 0.1) is 0 Å². The van der Waals surface area contributed by atoms with Crippen LogP contribution >= 0.6 is 0 Å². The van der Waals surface area contributed by atoms with Crippen molar-refractivity contribution in [3.05, 3.63) is 58.4 Å². The number of unbranched alkanes of at least 4 members (excludes halogenated alkanes) is 2. The Kier molecular flexibility index (Phi) is 6.15. The number of rotatable bonds is 7. The second-order valence-corrected chi connectivity index (χ2v) is 5.85. The number of nitrogens with one attached hydrogen (secondary N) is 2. The summed E-state index contributed by atoms with van der Waals surface area (Å²) in [6.07, 6.45) is 4.33. The highest BCUT2D eigenvalue weighted by molar-refractivity contribution is 5.94. The van der Waals surface area contributed by atoms with Crippen molar-refractivity contribution in [2.45, 2.75) is 45.6 Å². The normalized spacial score (nSPS) is 11.9. The number of pyridine rings is 1. The third-order valence-electron chi connectivity index (χ3n) is 3.86. The Hall–Kier alpha value is -2.36. The molecule has 1 aromatic heterocycles. The van der Waals surface area contributed by atoms with Crippen LogP contribution in [0, 0.1) is 0 Å². The average Bonchev–Trinajstić information content (AvgIpc) is 2.55. The zero-order chi connectivity index (χ0) is 16.7. The molecule has 1 amide bonds. The van der Waals surface area contributed by atoms with Crippen LogP contribution in [-0.4, -0.2) is 16.9 Å². The third-order valence-corrected chi connectivity index (χ3v) is 3.86. The molecule has 1 heterocycles. The largest absolute Gasteiger partial charge is 0.349 e. The minimum atomic E-state index is -0.357. The van der Waals surface area contributed by atoms with Gasteiger partial charge in [0.25, 0.3) is 11.5 Å². The molecule has 0 aliphatic rings. The summed E-state index contributed by atoms with van der Waals surface area (Å²) in [6.45, 7) is 4.12. The van der Waals surface area contributed by atoms with Gasteiger partial charge in [-0.05, 0) is 31.0 Å². The van der Waals surface area contributed by atoms with Crippen molar-refractivity contribution < 1.29 is 4.79 Å². The molecule has 0 unspecified atom stereocenters. The van der Waals surface area contributed by atoms with Crippen LogP contribution in [0.3, 0.4) is 0 Å². The molecule has 0 saturated carbocycles. The molecule has 0 aliphatic carbocycles. The van der Waals surface area contributed by atoms with Gasteiger partial charge in [-0.25, -0.2) is 0 Å². The molecule has 122 valence electrons. The Morgan fingerprint density at radius 1 is 1.13 bits per heavy atom. The lowest BCUT2D eigenvalue weighted by Gasteiger charge is -2.13. The topological polar surface area (TPSA) is 62.0 Å². The number of hydrogen-bond acceptors (Lipinski definition) is 2. The van der Waals surface area contributed by atoms with Gasteiger partial charge in [0, 0.05) is 11.7 Å². The molecule has 1 atom stereocenters. The van der Waals surface area contributed by atoms with Gasteiger partial charge >= 0.3 is 0 Å². The van der Waals surface area contributed by atoms with E-state index >= 15 is 0 Å². The van der Waals surface area contributed by atoms with Crippen molar-refractivity contribution in [1.82, 2.24) is 10.3 Å². The van der Waals surface area contributed by atoms with E-state index in [1.807, 2.05) is 37.3 Å². The van der Waals surface area contributed by atoms with Gasteiger partial charge in [-0.3, -0.25) is 9.59 Å². The van der Waals surface area contributed by atoms with E-state index in [0.717, 1.165) is 31.2 Å². The molecule has 0 bridgehead atoms. The van der Waals surface area contributed by atoms with E-state index in [0.29, 0.717) is 5.69 Å². The first-order valence-electron chi connectivity index (χ1n) is 8.21. The van der Waals surface area contributed by atoms with Gasteiger partial charge in [-0.2, -0.15) is 0 Å². The monoisotopic (exact) mass is 312 g/mol. The standard InChI is InChI=1S/C19H24N2O2/c1-3-4-6-9-14(2)20-18(22)16-12-13-17(21-19(16)23)15-10-7-5-8-11-15/h5,7-8,10-14H,3-4,6,9H2,1-2H3,(H,20,22)(H,21,23)/t14-/m0/s1. The van der Waals surface area contributed by atoms with Gasteiger partial charge in [-0.15, -0.1) is 0 Å². The van der Waals surface area contributed by atoms with E-state index in [1.54, 1.807) is 12.1 Å². The molecule has 0 fully saturated rings. The number of hydrogen-bond donors (Lipinski definition) is 2. The van der Waals surface area contributed by atoms with Crippen LogP contribution in [0.1, 0.15) is 49.9 Å². The summed E-state index contributed by atoms with van der Waals surface area (Å²) >= 11 is 0. The van der Waals surface area contributed by atoms with Gasteiger partial charge < -0.3 is 10.3 Å². The molecule has 4 nitrogen and oxygen atoms in total. The Bertz CT molecular complexity index is 692. The van der Waals surface area contributed by atoms with Crippen LogP contribution in [0.15, 0.2) is 47.3 Å². The molecule has 1 aromatic carbocycles. The fourth-order valence-electron chi connectivity index (χ4n) is 2.51. The highest BCUT2D eigenvalue weighted by atomic mass is 16.2. The molecular formula is C19H24N2O2. The minimum Gasteiger partial charge on any atom is -0.349 e. The van der Waals surface area contributed by atoms with E-state index in [4.69, 9.17) is 0 Å². The fraction of sp³-hybridized carbons (Fsp3) is 0.368. The number of carbonyl (C=O) groups excluding carboxylic acids is 1. The van der Waals surface area contributed by atoms with Gasteiger partial charge in [0.1, 0.15) is 5.56 Å². The highest BCUT2D eigenvalue weighted by Crippen LogP contribution is 2.14. The number of aromatic nitrogens is 1. The Balaban J connectivity index is 2.06. The molecule has 0 radical (unpaired) electrons. The summed E-state index contributed by atoms with van der Waals surface area (Å²) in [5.74, 6) is -0.310. The van der Waals surface area contributed by atoms with Crippen molar-refractivity contribution in [2.24, 2.45) is 0 Å². The predicted octanol–water partition coefficient (Wildman–Crippen LogP) is 3.74. The van der Waals surface area contributed by atoms with E-state index in [1.165, 1.54) is 0 Å². The van der Waals surface area contributed by atoms with Crippen LogP contribution in [0.25, 0.3) is 11.3 Å². The molecule has 2 N–H and O–H groups in total. The van der Waals surface area contributed by atoms with Gasteiger partial charge in [0.2, 0.25) is 0 Å². The summed E-state index contributed by atoms with van der Waals surface area (Å²) in [4.78, 5) is 27.2. The van der Waals surface area contributed by atoms with Crippen LogP contribution in [0.4, 0.5) is 0 Å². The number of amides is 1. The lowest BCUT2D eigenvalue weighted by molar-refractivity contribution is 0.0936. The second kappa shape index (κ2) is 8.32. The Morgan fingerprint density at radius 3 is 2.52 bits per heavy atom. The van der Waals surface area contributed by atoms with E-state index < -0.39 is 0 Å². The molecule has 0 spiro atoms. The number of carbonyl (C=O) groups is 1. The van der Waals surface area contributed by atoms with Crippen molar-refractivity contribution in [3.8, 4) is 11.3 Å². The zero-order valence-corrected chi connectivity index (χ0v) is 13.8. The van der Waals surface area contributed by atoms with Crippen LogP contribution in [0.5, 0.6) is 0 Å². The maximum Gasteiger partial charge on any atom is 0.261 e. The van der Waals surface area contributed by atoms with Crippen LogP contribution < -0.4 is 10.9 Å². The number of benzene rings is 1. The highest BCUT2D eigenvalue weighted by Gasteiger charge is 2.13. The van der Waals surface area contributed by atoms with Crippen molar-refractivity contribution in [1.29, 1.82) is 0 Å². The van der Waals surface area contributed by atoms with Crippen LogP contribution in [-0.2, 0) is 0 Å². The lowest BCUT2D eigenvalue weighted by atomic mass is 10.1. The minimum absolute atomic E-state index is 0.0715. The molecule has 4 heteroatoms. The SMILES string of the molecule is CCCCC[C@H](C)NC(=O)c1ccc(-c2ccccc2)[nH]c1=O. The molecule has 23 heavy (non-hydrogen) atoms. The third kappa shape index (κ3) is 4.81. The fourth-order valence-corrected chi connectivity index (χ4v) is 2.51. The first-order chi connectivity index (χ1) is 11.1. The summed E-state index contributed by atoms with van der Waals surface area (Å²) in [5, 5.41) is 2.90. The summed E-state index contributed by atoms with van der Waals surface area (Å²) in [7, 11) is 0. The van der Waals surface area contributed by atoms with Gasteiger partial charge in [-0.1, -0.05) is 56.5 Å². The Labute approximate surface area is 137 Å². The molecule has 0 saturated heterocycles. The second-order valence-electron chi connectivity index (χ2n) is 5.85. The average molecular weight is 312 g/mol. The van der Waals surface area contributed by atoms with Gasteiger partial charge in [0.15, 0.2) is 0 Å². The van der Waals surface area contributed by atoms with E-state index in [9.17, 15) is 9.59 Å². The predicted molar refractivity (Wildman–Crippen MR) is 93.6 cm³/mol. The molecule has 2 aromatic rings. The summed E-state index contributed by atoms with van der Waals surface area (Å²) in [5.41, 5.74) is 1.43. The maximum atomic E-state index is 12.2. The number of aromatic amines is 1. The summed E-state index contributed by atoms with van der Waals surface area (Å²) < 4.78 is 0. The lowest BCUT2D eigenvalue weighted by Crippen LogP contribution is -2.35. The molecule has 2 rings (SSSR count).